The molecule has 1 aliphatic rings. The first kappa shape index (κ1) is 11.5. The lowest BCUT2D eigenvalue weighted by atomic mass is 9.88. The van der Waals surface area contributed by atoms with Crippen LogP contribution < -0.4 is 0 Å². The number of rotatable bonds is 1. The lowest BCUT2D eigenvalue weighted by Crippen LogP contribution is -2.37. The highest BCUT2D eigenvalue weighted by Crippen LogP contribution is 2.35. The normalized spacial score (nSPS) is 25.7. The summed E-state index contributed by atoms with van der Waals surface area (Å²) < 4.78 is 0. The molecule has 0 radical (unpaired) electrons. The minimum Gasteiger partial charge on any atom is -0.506 e. The van der Waals surface area contributed by atoms with Gasteiger partial charge in [-0.2, -0.15) is 5.10 Å². The number of piperidine rings is 1. The highest BCUT2D eigenvalue weighted by molar-refractivity contribution is 5.86. The predicted octanol–water partition coefficient (Wildman–Crippen LogP) is 2.47. The van der Waals surface area contributed by atoms with E-state index in [1.165, 1.54) is 5.69 Å². The summed E-state index contributed by atoms with van der Waals surface area (Å²) in [6, 6.07) is 6.20. The zero-order valence-corrected chi connectivity index (χ0v) is 10.8. The van der Waals surface area contributed by atoms with Crippen molar-refractivity contribution in [1.82, 2.24) is 15.1 Å². The van der Waals surface area contributed by atoms with Crippen molar-refractivity contribution in [2.45, 2.75) is 31.7 Å². The Hall–Kier alpha value is -1.55. The van der Waals surface area contributed by atoms with Crippen molar-refractivity contribution in [2.24, 2.45) is 0 Å². The third-order valence-electron chi connectivity index (χ3n) is 4.21. The minimum absolute atomic E-state index is 0.260. The first-order valence-corrected chi connectivity index (χ1v) is 6.53. The van der Waals surface area contributed by atoms with Gasteiger partial charge in [0.25, 0.3) is 0 Å². The van der Waals surface area contributed by atoms with E-state index in [4.69, 9.17) is 0 Å². The molecular formula is C14H19N3O. The Morgan fingerprint density at radius 1 is 1.44 bits per heavy atom. The molecule has 0 saturated carbocycles. The summed E-state index contributed by atoms with van der Waals surface area (Å²) in [7, 11) is 2.18. The van der Waals surface area contributed by atoms with Crippen molar-refractivity contribution < 1.29 is 5.11 Å². The van der Waals surface area contributed by atoms with E-state index >= 15 is 0 Å². The molecule has 1 saturated heterocycles. The van der Waals surface area contributed by atoms with Gasteiger partial charge in [0.1, 0.15) is 11.3 Å². The fraction of sp³-hybridized carbons (Fsp3) is 0.500. The van der Waals surface area contributed by atoms with Crippen molar-refractivity contribution >= 4 is 10.9 Å². The van der Waals surface area contributed by atoms with E-state index in [2.05, 4.69) is 29.1 Å². The maximum absolute atomic E-state index is 9.79. The van der Waals surface area contributed by atoms with Gasteiger partial charge in [0.05, 0.1) is 0 Å². The number of benzene rings is 1. The lowest BCUT2D eigenvalue weighted by molar-refractivity contribution is 0.181. The second kappa shape index (κ2) is 4.28. The van der Waals surface area contributed by atoms with Gasteiger partial charge in [-0.05, 0) is 39.4 Å². The van der Waals surface area contributed by atoms with Crippen LogP contribution in [0.25, 0.3) is 10.9 Å². The summed E-state index contributed by atoms with van der Waals surface area (Å²) >= 11 is 0. The molecule has 2 aromatic rings. The number of aromatic hydroxyl groups is 1. The van der Waals surface area contributed by atoms with Gasteiger partial charge in [0, 0.05) is 23.0 Å². The van der Waals surface area contributed by atoms with Crippen molar-refractivity contribution in [2.75, 3.05) is 13.6 Å². The van der Waals surface area contributed by atoms with Crippen LogP contribution in [0.2, 0.25) is 0 Å². The number of phenolic OH excluding ortho intramolecular Hbond substituents is 1. The molecule has 1 fully saturated rings. The second-order valence-corrected chi connectivity index (χ2v) is 5.36. The molecule has 96 valence electrons. The number of likely N-dealkylation sites (tertiary alicyclic amines) is 1. The average molecular weight is 245 g/mol. The van der Waals surface area contributed by atoms with E-state index in [0.717, 1.165) is 24.8 Å². The topological polar surface area (TPSA) is 52.1 Å². The molecule has 4 nitrogen and oxygen atoms in total. The zero-order chi connectivity index (χ0) is 12.7. The Bertz CT molecular complexity index is 563. The van der Waals surface area contributed by atoms with Crippen LogP contribution >= 0.6 is 0 Å². The summed E-state index contributed by atoms with van der Waals surface area (Å²) in [4.78, 5) is 2.40. The van der Waals surface area contributed by atoms with E-state index in [9.17, 15) is 5.11 Å². The van der Waals surface area contributed by atoms with Crippen LogP contribution in [0.1, 0.15) is 31.4 Å². The molecule has 2 heterocycles. The van der Waals surface area contributed by atoms with Gasteiger partial charge >= 0.3 is 0 Å². The van der Waals surface area contributed by atoms with Crippen LogP contribution in [0.15, 0.2) is 18.2 Å². The van der Waals surface area contributed by atoms with Crippen LogP contribution in [0, 0.1) is 0 Å². The van der Waals surface area contributed by atoms with Gasteiger partial charge in [-0.25, -0.2) is 0 Å². The van der Waals surface area contributed by atoms with Crippen LogP contribution in [0.3, 0.4) is 0 Å². The third kappa shape index (κ3) is 1.77. The maximum Gasteiger partial charge on any atom is 0.143 e. The molecule has 3 rings (SSSR count). The number of hydrogen-bond acceptors (Lipinski definition) is 3. The van der Waals surface area contributed by atoms with E-state index in [1.54, 1.807) is 6.07 Å². The zero-order valence-electron chi connectivity index (χ0n) is 10.8. The van der Waals surface area contributed by atoms with E-state index in [-0.39, 0.29) is 5.75 Å². The Morgan fingerprint density at radius 3 is 3.06 bits per heavy atom. The van der Waals surface area contributed by atoms with E-state index < -0.39 is 0 Å². The predicted molar refractivity (Wildman–Crippen MR) is 71.8 cm³/mol. The van der Waals surface area contributed by atoms with Gasteiger partial charge in [-0.3, -0.25) is 5.10 Å². The number of aromatic amines is 1. The molecule has 0 aliphatic carbocycles. The van der Waals surface area contributed by atoms with Crippen molar-refractivity contribution in [3.05, 3.63) is 23.9 Å². The van der Waals surface area contributed by atoms with Gasteiger partial charge in [-0.1, -0.05) is 12.1 Å². The number of phenols is 1. The monoisotopic (exact) mass is 245 g/mol. The highest BCUT2D eigenvalue weighted by atomic mass is 16.3. The Morgan fingerprint density at radius 2 is 2.28 bits per heavy atom. The smallest absolute Gasteiger partial charge is 0.143 e. The number of para-hydroxylation sites is 1. The summed E-state index contributed by atoms with van der Waals surface area (Å²) in [5.41, 5.74) is 1.87. The molecule has 2 N–H and O–H groups in total. The Kier molecular flexibility index (Phi) is 2.74. The summed E-state index contributed by atoms with van der Waals surface area (Å²) in [5.74, 6) is 0.777. The third-order valence-corrected chi connectivity index (χ3v) is 4.21. The maximum atomic E-state index is 9.79. The molecule has 2 atom stereocenters. The van der Waals surface area contributed by atoms with Crippen LogP contribution in [-0.4, -0.2) is 39.8 Å². The van der Waals surface area contributed by atoms with Gasteiger partial charge in [0.2, 0.25) is 0 Å². The fourth-order valence-electron chi connectivity index (χ4n) is 2.91. The molecular weight excluding hydrogens is 226 g/mol. The van der Waals surface area contributed by atoms with Crippen LogP contribution in [-0.2, 0) is 0 Å². The molecule has 0 bridgehead atoms. The SMILES string of the molecule is C[C@@H]1C[C@H](c2[nH]nc3c(O)cccc23)CCN1C. The quantitative estimate of drug-likeness (QED) is 0.811. The first-order chi connectivity index (χ1) is 8.66. The standard InChI is InChI=1S/C14H19N3O/c1-9-8-10(6-7-17(9)2)13-11-4-3-5-12(18)14(11)16-15-13/h3-5,9-10,18H,6-8H2,1-2H3,(H,15,16)/t9-,10-/m1/s1. The van der Waals surface area contributed by atoms with Crippen LogP contribution in [0.4, 0.5) is 0 Å². The number of nitrogens with zero attached hydrogens (tertiary/aromatic N) is 2. The number of nitrogens with one attached hydrogen (secondary N) is 1. The number of H-pyrrole nitrogens is 1. The van der Waals surface area contributed by atoms with Crippen LogP contribution in [0.5, 0.6) is 5.75 Å². The number of hydrogen-bond donors (Lipinski definition) is 2. The lowest BCUT2D eigenvalue weighted by Gasteiger charge is -2.34. The van der Waals surface area contributed by atoms with Crippen molar-refractivity contribution in [3.8, 4) is 5.75 Å². The van der Waals surface area contributed by atoms with Gasteiger partial charge in [-0.15, -0.1) is 0 Å². The average Bonchev–Trinajstić information content (AvgIpc) is 2.78. The van der Waals surface area contributed by atoms with Crippen molar-refractivity contribution in [3.63, 3.8) is 0 Å². The molecule has 0 unspecified atom stereocenters. The number of aromatic nitrogens is 2. The Balaban J connectivity index is 1.98. The molecule has 1 aliphatic heterocycles. The molecule has 18 heavy (non-hydrogen) atoms. The van der Waals surface area contributed by atoms with Gasteiger partial charge in [0.15, 0.2) is 0 Å². The number of fused-ring (bicyclic) bond motifs is 1. The van der Waals surface area contributed by atoms with Gasteiger partial charge < -0.3 is 10.0 Å². The highest BCUT2D eigenvalue weighted by Gasteiger charge is 2.26. The molecule has 0 spiro atoms. The summed E-state index contributed by atoms with van der Waals surface area (Å²) in [5, 5.41) is 18.2. The van der Waals surface area contributed by atoms with E-state index in [0.29, 0.717) is 17.5 Å². The largest absolute Gasteiger partial charge is 0.506 e. The molecule has 1 aromatic carbocycles. The second-order valence-electron chi connectivity index (χ2n) is 5.36. The van der Waals surface area contributed by atoms with Crippen molar-refractivity contribution in [1.29, 1.82) is 0 Å². The molecule has 1 aromatic heterocycles. The molecule has 4 heteroatoms. The fourth-order valence-corrected chi connectivity index (χ4v) is 2.91. The Labute approximate surface area is 107 Å². The summed E-state index contributed by atoms with van der Waals surface area (Å²) in [6.07, 6.45) is 2.29. The molecule has 0 amide bonds. The first-order valence-electron chi connectivity index (χ1n) is 6.53. The minimum atomic E-state index is 0.260. The van der Waals surface area contributed by atoms with E-state index in [1.807, 2.05) is 12.1 Å². The summed E-state index contributed by atoms with van der Waals surface area (Å²) in [6.45, 7) is 3.38.